The van der Waals surface area contributed by atoms with Gasteiger partial charge in [-0.05, 0) is 18.9 Å². The number of unbranched alkanes of at least 4 members (excludes halogenated alkanes) is 2. The van der Waals surface area contributed by atoms with Gasteiger partial charge in [0.2, 0.25) is 0 Å². The summed E-state index contributed by atoms with van der Waals surface area (Å²) >= 11 is 0. The molecule has 0 bridgehead atoms. The van der Waals surface area contributed by atoms with Crippen molar-refractivity contribution in [3.63, 3.8) is 0 Å². The molecule has 0 radical (unpaired) electrons. The van der Waals surface area contributed by atoms with Crippen molar-refractivity contribution in [1.29, 1.82) is 0 Å². The number of rotatable bonds is 8. The zero-order valence-electron chi connectivity index (χ0n) is 13.4. The molecule has 0 aliphatic rings. The molecule has 1 rings (SSSR count). The second kappa shape index (κ2) is 7.86. The standard InChI is InChI=1S/C17H31NSi/c1-6-7-8-9-15(2)18-14-16-10-12-17(13-11-16)19(3,4)5/h10-13,15,18H,6-9,14H2,1-5H3. The zero-order valence-corrected chi connectivity index (χ0v) is 14.4. The highest BCUT2D eigenvalue weighted by atomic mass is 28.3. The number of benzene rings is 1. The third kappa shape index (κ3) is 6.39. The molecule has 0 spiro atoms. The van der Waals surface area contributed by atoms with E-state index in [2.05, 4.69) is 63.1 Å². The number of hydrogen-bond acceptors (Lipinski definition) is 1. The highest BCUT2D eigenvalue weighted by Gasteiger charge is 2.15. The summed E-state index contributed by atoms with van der Waals surface area (Å²) in [6.07, 6.45) is 5.31. The fourth-order valence-electron chi connectivity index (χ4n) is 2.22. The Morgan fingerprint density at radius 3 is 2.21 bits per heavy atom. The molecule has 0 fully saturated rings. The van der Waals surface area contributed by atoms with Crippen LogP contribution in [0.4, 0.5) is 0 Å². The molecule has 1 nitrogen and oxygen atoms in total. The Hall–Kier alpha value is -0.603. The topological polar surface area (TPSA) is 12.0 Å². The lowest BCUT2D eigenvalue weighted by Gasteiger charge is -2.17. The summed E-state index contributed by atoms with van der Waals surface area (Å²) in [6.45, 7) is 12.8. The van der Waals surface area contributed by atoms with Crippen LogP contribution in [0.1, 0.15) is 45.1 Å². The van der Waals surface area contributed by atoms with Crippen LogP contribution in [-0.4, -0.2) is 14.1 Å². The van der Waals surface area contributed by atoms with E-state index in [0.29, 0.717) is 6.04 Å². The van der Waals surface area contributed by atoms with Crippen LogP contribution in [0.2, 0.25) is 19.6 Å². The van der Waals surface area contributed by atoms with Crippen molar-refractivity contribution >= 4 is 13.3 Å². The molecule has 108 valence electrons. The summed E-state index contributed by atoms with van der Waals surface area (Å²) in [6, 6.07) is 9.86. The number of hydrogen-bond donors (Lipinski definition) is 1. The molecule has 0 aliphatic heterocycles. The average molecular weight is 278 g/mol. The second-order valence-electron chi connectivity index (χ2n) is 6.72. The molecule has 1 aromatic rings. The molecule has 2 heteroatoms. The van der Waals surface area contributed by atoms with Crippen molar-refractivity contribution < 1.29 is 0 Å². The van der Waals surface area contributed by atoms with Gasteiger partial charge in [-0.2, -0.15) is 0 Å². The van der Waals surface area contributed by atoms with E-state index in [1.807, 2.05) is 0 Å². The van der Waals surface area contributed by atoms with E-state index in [-0.39, 0.29) is 0 Å². The maximum atomic E-state index is 3.63. The Labute approximate surface area is 120 Å². The summed E-state index contributed by atoms with van der Waals surface area (Å²) in [4.78, 5) is 0. The van der Waals surface area contributed by atoms with Crippen LogP contribution in [0.15, 0.2) is 24.3 Å². The molecular formula is C17H31NSi. The molecule has 1 N–H and O–H groups in total. The Morgan fingerprint density at radius 1 is 1.05 bits per heavy atom. The predicted octanol–water partition coefficient (Wildman–Crippen LogP) is 4.29. The first-order chi connectivity index (χ1) is 8.93. The van der Waals surface area contributed by atoms with E-state index in [1.54, 1.807) is 5.19 Å². The fourth-order valence-corrected chi connectivity index (χ4v) is 3.38. The van der Waals surface area contributed by atoms with Crippen molar-refractivity contribution in [1.82, 2.24) is 5.32 Å². The van der Waals surface area contributed by atoms with Crippen LogP contribution < -0.4 is 10.5 Å². The van der Waals surface area contributed by atoms with Crippen LogP contribution in [0.3, 0.4) is 0 Å². The predicted molar refractivity (Wildman–Crippen MR) is 89.9 cm³/mol. The Morgan fingerprint density at radius 2 is 1.68 bits per heavy atom. The summed E-state index contributed by atoms with van der Waals surface area (Å²) < 4.78 is 0. The van der Waals surface area contributed by atoms with Crippen molar-refractivity contribution in [3.05, 3.63) is 29.8 Å². The minimum atomic E-state index is -1.14. The van der Waals surface area contributed by atoms with Gasteiger partial charge in [-0.1, -0.05) is 75.3 Å². The lowest BCUT2D eigenvalue weighted by molar-refractivity contribution is 0.487. The molecule has 0 amide bonds. The van der Waals surface area contributed by atoms with Gasteiger partial charge in [0.05, 0.1) is 8.07 Å². The van der Waals surface area contributed by atoms with E-state index in [0.717, 1.165) is 6.54 Å². The van der Waals surface area contributed by atoms with Crippen LogP contribution in [0.5, 0.6) is 0 Å². The normalized spacial score (nSPS) is 13.5. The average Bonchev–Trinajstić information content (AvgIpc) is 2.36. The lowest BCUT2D eigenvalue weighted by Crippen LogP contribution is -2.37. The molecule has 0 aliphatic carbocycles. The third-order valence-electron chi connectivity index (χ3n) is 3.72. The Kier molecular flexibility index (Phi) is 6.80. The molecule has 1 atom stereocenters. The van der Waals surface area contributed by atoms with Crippen molar-refractivity contribution in [2.45, 2.75) is 71.8 Å². The first-order valence-electron chi connectivity index (χ1n) is 7.76. The summed E-state index contributed by atoms with van der Waals surface area (Å²) in [5, 5.41) is 5.18. The fraction of sp³-hybridized carbons (Fsp3) is 0.647. The van der Waals surface area contributed by atoms with Gasteiger partial charge in [-0.25, -0.2) is 0 Å². The van der Waals surface area contributed by atoms with Crippen LogP contribution in [-0.2, 0) is 6.54 Å². The van der Waals surface area contributed by atoms with Crippen molar-refractivity contribution in [2.24, 2.45) is 0 Å². The third-order valence-corrected chi connectivity index (χ3v) is 5.78. The monoisotopic (exact) mass is 277 g/mol. The van der Waals surface area contributed by atoms with Gasteiger partial charge in [0.1, 0.15) is 0 Å². The van der Waals surface area contributed by atoms with Gasteiger partial charge >= 0.3 is 0 Å². The quantitative estimate of drug-likeness (QED) is 0.552. The minimum absolute atomic E-state index is 0.628. The van der Waals surface area contributed by atoms with E-state index in [4.69, 9.17) is 0 Å². The van der Waals surface area contributed by atoms with Gasteiger partial charge < -0.3 is 5.32 Å². The molecule has 0 heterocycles. The molecule has 1 unspecified atom stereocenters. The molecule has 0 saturated heterocycles. The largest absolute Gasteiger partial charge is 0.310 e. The number of nitrogens with one attached hydrogen (secondary N) is 1. The Balaban J connectivity index is 2.37. The molecule has 0 aromatic heterocycles. The van der Waals surface area contributed by atoms with E-state index < -0.39 is 8.07 Å². The van der Waals surface area contributed by atoms with Gasteiger partial charge in [-0.3, -0.25) is 0 Å². The van der Waals surface area contributed by atoms with Gasteiger partial charge in [-0.15, -0.1) is 0 Å². The second-order valence-corrected chi connectivity index (χ2v) is 11.8. The van der Waals surface area contributed by atoms with Gasteiger partial charge in [0.15, 0.2) is 0 Å². The zero-order chi connectivity index (χ0) is 14.3. The maximum Gasteiger partial charge on any atom is 0.0775 e. The maximum absolute atomic E-state index is 3.63. The van der Waals surface area contributed by atoms with Crippen LogP contribution in [0, 0.1) is 0 Å². The van der Waals surface area contributed by atoms with Crippen LogP contribution >= 0.6 is 0 Å². The summed E-state index contributed by atoms with van der Waals surface area (Å²) in [5.41, 5.74) is 1.41. The first-order valence-corrected chi connectivity index (χ1v) is 11.3. The van der Waals surface area contributed by atoms with E-state index in [9.17, 15) is 0 Å². The molecule has 0 saturated carbocycles. The SMILES string of the molecule is CCCCCC(C)NCc1ccc([Si](C)(C)C)cc1. The molecule has 19 heavy (non-hydrogen) atoms. The van der Waals surface area contributed by atoms with E-state index in [1.165, 1.54) is 31.2 Å². The van der Waals surface area contributed by atoms with Crippen LogP contribution in [0.25, 0.3) is 0 Å². The first kappa shape index (κ1) is 16.5. The smallest absolute Gasteiger partial charge is 0.0775 e. The van der Waals surface area contributed by atoms with Crippen molar-refractivity contribution in [2.75, 3.05) is 0 Å². The summed E-state index contributed by atoms with van der Waals surface area (Å²) in [5.74, 6) is 0. The highest BCUT2D eigenvalue weighted by molar-refractivity contribution is 6.88. The van der Waals surface area contributed by atoms with Gasteiger partial charge in [0.25, 0.3) is 0 Å². The van der Waals surface area contributed by atoms with Gasteiger partial charge in [0, 0.05) is 12.6 Å². The van der Waals surface area contributed by atoms with Crippen molar-refractivity contribution in [3.8, 4) is 0 Å². The molecular weight excluding hydrogens is 246 g/mol. The van der Waals surface area contributed by atoms with E-state index >= 15 is 0 Å². The summed E-state index contributed by atoms with van der Waals surface area (Å²) in [7, 11) is -1.14. The minimum Gasteiger partial charge on any atom is -0.310 e. The molecule has 1 aromatic carbocycles. The lowest BCUT2D eigenvalue weighted by atomic mass is 10.1. The Bertz CT molecular complexity index is 351. The highest BCUT2D eigenvalue weighted by Crippen LogP contribution is 2.06.